The third kappa shape index (κ3) is 3.31. The van der Waals surface area contributed by atoms with Crippen LogP contribution in [0.25, 0.3) is 23.1 Å². The van der Waals surface area contributed by atoms with E-state index in [4.69, 9.17) is 4.74 Å². The minimum absolute atomic E-state index is 0.348. The van der Waals surface area contributed by atoms with E-state index in [1.807, 2.05) is 36.4 Å². The lowest BCUT2D eigenvalue weighted by Crippen LogP contribution is -2.04. The van der Waals surface area contributed by atoms with Gasteiger partial charge in [0.1, 0.15) is 18.5 Å². The van der Waals surface area contributed by atoms with Gasteiger partial charge in [-0.2, -0.15) is 0 Å². The van der Waals surface area contributed by atoms with Gasteiger partial charge in [0.25, 0.3) is 0 Å². The van der Waals surface area contributed by atoms with Crippen LogP contribution in [0, 0.1) is 11.6 Å². The second kappa shape index (κ2) is 7.31. The van der Waals surface area contributed by atoms with Crippen molar-refractivity contribution in [2.24, 2.45) is 0 Å². The van der Waals surface area contributed by atoms with Gasteiger partial charge in [-0.15, -0.1) is 0 Å². The Balaban J connectivity index is 1.47. The van der Waals surface area contributed by atoms with E-state index in [-0.39, 0.29) is 0 Å². The van der Waals surface area contributed by atoms with Crippen molar-refractivity contribution < 1.29 is 18.6 Å². The lowest BCUT2D eigenvalue weighted by atomic mass is 10.00. The van der Waals surface area contributed by atoms with E-state index in [2.05, 4.69) is 9.97 Å². The highest BCUT2D eigenvalue weighted by molar-refractivity contribution is 5.81. The molecule has 1 N–H and O–H groups in total. The van der Waals surface area contributed by atoms with Crippen molar-refractivity contribution in [3.05, 3.63) is 101 Å². The predicted octanol–water partition coefficient (Wildman–Crippen LogP) is 5.05. The van der Waals surface area contributed by atoms with Gasteiger partial charge >= 0.3 is 0 Å². The summed E-state index contributed by atoms with van der Waals surface area (Å²) in [6.45, 7) is 0.348. The molecule has 4 nitrogen and oxygen atoms in total. The molecule has 3 heterocycles. The highest BCUT2D eigenvalue weighted by atomic mass is 19.2. The molecular weight excluding hydrogens is 386 g/mol. The van der Waals surface area contributed by atoms with Crippen molar-refractivity contribution in [2.45, 2.75) is 12.7 Å². The summed E-state index contributed by atoms with van der Waals surface area (Å²) in [5.74, 6) is -1.21. The highest BCUT2D eigenvalue weighted by Crippen LogP contribution is 2.35. The maximum absolute atomic E-state index is 13.5. The molecule has 0 radical (unpaired) electrons. The number of halogens is 2. The number of aromatic nitrogens is 2. The van der Waals surface area contributed by atoms with Gasteiger partial charge in [0, 0.05) is 28.8 Å². The molecule has 0 aliphatic carbocycles. The zero-order valence-electron chi connectivity index (χ0n) is 15.7. The van der Waals surface area contributed by atoms with Crippen molar-refractivity contribution in [3.8, 4) is 5.75 Å². The summed E-state index contributed by atoms with van der Waals surface area (Å²) in [4.78, 5) is 8.67. The normalized spacial score (nSPS) is 15.5. The van der Waals surface area contributed by atoms with Crippen LogP contribution in [0.2, 0.25) is 0 Å². The van der Waals surface area contributed by atoms with E-state index in [1.165, 1.54) is 0 Å². The Morgan fingerprint density at radius 3 is 2.77 bits per heavy atom. The number of benzene rings is 2. The second-order valence-electron chi connectivity index (χ2n) is 7.06. The molecule has 0 saturated carbocycles. The van der Waals surface area contributed by atoms with Crippen LogP contribution in [0.1, 0.15) is 34.2 Å². The van der Waals surface area contributed by atoms with Crippen LogP contribution in [0.4, 0.5) is 8.78 Å². The van der Waals surface area contributed by atoms with Crippen molar-refractivity contribution in [2.75, 3.05) is 0 Å². The Hall–Kier alpha value is -3.64. The fourth-order valence-corrected chi connectivity index (χ4v) is 3.55. The zero-order chi connectivity index (χ0) is 20.7. The van der Waals surface area contributed by atoms with Crippen LogP contribution in [0.15, 0.2) is 60.8 Å². The van der Waals surface area contributed by atoms with Crippen molar-refractivity contribution in [3.63, 3.8) is 0 Å². The second-order valence-corrected chi connectivity index (χ2v) is 7.06. The minimum atomic E-state index is -0.926. The molecule has 2 aromatic carbocycles. The van der Waals surface area contributed by atoms with Gasteiger partial charge in [0.2, 0.25) is 0 Å². The van der Waals surface area contributed by atoms with Crippen LogP contribution in [0.5, 0.6) is 5.75 Å². The lowest BCUT2D eigenvalue weighted by molar-refractivity contribution is 0.213. The number of fused-ring (bicyclic) bond motifs is 3. The van der Waals surface area contributed by atoms with Gasteiger partial charge in [-0.3, -0.25) is 4.98 Å². The summed E-state index contributed by atoms with van der Waals surface area (Å²) in [7, 11) is 0. The Labute approximate surface area is 171 Å². The fourth-order valence-electron chi connectivity index (χ4n) is 3.55. The third-order valence-corrected chi connectivity index (χ3v) is 5.10. The van der Waals surface area contributed by atoms with Crippen LogP contribution in [-0.4, -0.2) is 15.1 Å². The van der Waals surface area contributed by atoms with Gasteiger partial charge in [0.05, 0.1) is 16.9 Å². The largest absolute Gasteiger partial charge is 0.488 e. The quantitative estimate of drug-likeness (QED) is 0.510. The molecule has 1 atom stereocenters. The number of ether oxygens (including phenoxy) is 1. The molecule has 6 heteroatoms. The molecule has 5 rings (SSSR count). The van der Waals surface area contributed by atoms with Gasteiger partial charge in [-0.05, 0) is 42.0 Å². The molecule has 1 unspecified atom stereocenters. The van der Waals surface area contributed by atoms with E-state index in [0.717, 1.165) is 23.3 Å². The number of pyridine rings is 2. The summed E-state index contributed by atoms with van der Waals surface area (Å²) in [6.07, 6.45) is 4.38. The van der Waals surface area contributed by atoms with E-state index >= 15 is 0 Å². The topological polar surface area (TPSA) is 55.2 Å². The number of nitrogens with zero attached hydrogens (tertiary/aromatic N) is 2. The first kappa shape index (κ1) is 18.4. The fraction of sp³-hybridized carbons (Fsp3) is 0.0833. The van der Waals surface area contributed by atoms with E-state index in [1.54, 1.807) is 24.4 Å². The van der Waals surface area contributed by atoms with Gasteiger partial charge in [0.15, 0.2) is 11.6 Å². The zero-order valence-corrected chi connectivity index (χ0v) is 15.7. The molecule has 2 aromatic heterocycles. The summed E-state index contributed by atoms with van der Waals surface area (Å²) < 4.78 is 32.7. The van der Waals surface area contributed by atoms with E-state index < -0.39 is 17.7 Å². The predicted molar refractivity (Wildman–Crippen MR) is 110 cm³/mol. The Morgan fingerprint density at radius 1 is 1.00 bits per heavy atom. The van der Waals surface area contributed by atoms with Crippen molar-refractivity contribution in [1.82, 2.24) is 9.97 Å². The molecule has 30 heavy (non-hydrogen) atoms. The summed E-state index contributed by atoms with van der Waals surface area (Å²) in [5, 5.41) is 11.4. The molecule has 0 fully saturated rings. The minimum Gasteiger partial charge on any atom is -0.488 e. The molecule has 0 saturated heterocycles. The number of aliphatic hydroxyl groups excluding tert-OH is 1. The molecule has 1 aliphatic heterocycles. The lowest BCUT2D eigenvalue weighted by Gasteiger charge is -2.12. The first-order valence-corrected chi connectivity index (χ1v) is 9.41. The number of hydrogen-bond donors (Lipinski definition) is 1. The van der Waals surface area contributed by atoms with Crippen molar-refractivity contribution in [1.29, 1.82) is 0 Å². The maximum atomic E-state index is 13.5. The standard InChI is InChI=1S/C24H16F2N2O2/c25-19-11-15-5-7-17(28-21(15)12-20(19)26)6-3-14-4-8-22-18(10-14)24(29)23-16(13-30-22)2-1-9-27-23/h1-12,24,29H,13H2/b6-3+. The molecule has 1 aliphatic rings. The van der Waals surface area contributed by atoms with Crippen LogP contribution < -0.4 is 4.74 Å². The average Bonchev–Trinajstić information content (AvgIpc) is 2.90. The summed E-state index contributed by atoms with van der Waals surface area (Å²) >= 11 is 0. The molecular formula is C24H16F2N2O2. The van der Waals surface area contributed by atoms with Gasteiger partial charge in [-0.1, -0.05) is 24.3 Å². The van der Waals surface area contributed by atoms with Gasteiger partial charge < -0.3 is 9.84 Å². The summed E-state index contributed by atoms with van der Waals surface area (Å²) in [6, 6.07) is 14.9. The first-order chi connectivity index (χ1) is 14.6. The Bertz CT molecular complexity index is 1300. The number of rotatable bonds is 2. The molecule has 0 bridgehead atoms. The smallest absolute Gasteiger partial charge is 0.161 e. The average molecular weight is 402 g/mol. The van der Waals surface area contributed by atoms with Crippen molar-refractivity contribution >= 4 is 23.1 Å². The monoisotopic (exact) mass is 402 g/mol. The van der Waals surface area contributed by atoms with Crippen LogP contribution in [-0.2, 0) is 6.61 Å². The third-order valence-electron chi connectivity index (χ3n) is 5.10. The molecule has 4 aromatic rings. The van der Waals surface area contributed by atoms with Crippen LogP contribution in [0.3, 0.4) is 0 Å². The molecule has 0 spiro atoms. The highest BCUT2D eigenvalue weighted by Gasteiger charge is 2.23. The molecule has 0 amide bonds. The molecule has 148 valence electrons. The summed E-state index contributed by atoms with van der Waals surface area (Å²) in [5.41, 5.74) is 3.89. The maximum Gasteiger partial charge on any atom is 0.161 e. The Morgan fingerprint density at radius 2 is 1.87 bits per heavy atom. The first-order valence-electron chi connectivity index (χ1n) is 9.41. The van der Waals surface area contributed by atoms with E-state index in [9.17, 15) is 13.9 Å². The number of hydrogen-bond acceptors (Lipinski definition) is 4. The Kier molecular flexibility index (Phi) is 4.48. The van der Waals surface area contributed by atoms with Gasteiger partial charge in [-0.25, -0.2) is 13.8 Å². The number of aliphatic hydroxyl groups is 1. The van der Waals surface area contributed by atoms with Crippen LogP contribution >= 0.6 is 0 Å². The van der Waals surface area contributed by atoms with E-state index in [0.29, 0.717) is 40.2 Å². The SMILES string of the molecule is OC1c2cc(/C=C/c3ccc4cc(F)c(F)cc4n3)ccc2OCc2cccnc21.